The van der Waals surface area contributed by atoms with Crippen LogP contribution in [0.4, 0.5) is 8.78 Å². The van der Waals surface area contributed by atoms with Crippen molar-refractivity contribution in [1.29, 1.82) is 0 Å². The van der Waals surface area contributed by atoms with Gasteiger partial charge in [0.15, 0.2) is 22.4 Å². The van der Waals surface area contributed by atoms with Crippen LogP contribution in [0.5, 0.6) is 0 Å². The van der Waals surface area contributed by atoms with E-state index in [1.807, 2.05) is 0 Å². The van der Waals surface area contributed by atoms with Crippen LogP contribution in [-0.2, 0) is 11.3 Å². The summed E-state index contributed by atoms with van der Waals surface area (Å²) >= 11 is 6.83. The van der Waals surface area contributed by atoms with E-state index in [0.717, 1.165) is 34.0 Å². The minimum atomic E-state index is -1.10. The number of aromatic nitrogens is 4. The number of H-pyrrole nitrogens is 1. The summed E-state index contributed by atoms with van der Waals surface area (Å²) in [5.74, 6) is -2.49. The smallest absolute Gasteiger partial charge is 0.269 e. The van der Waals surface area contributed by atoms with Crippen molar-refractivity contribution in [3.05, 3.63) is 81.2 Å². The second-order valence-electron chi connectivity index (χ2n) is 6.46. The number of aromatic amines is 1. The third kappa shape index (κ3) is 4.59. The minimum absolute atomic E-state index is 0.0522. The molecule has 0 saturated carbocycles. The highest BCUT2D eigenvalue weighted by Crippen LogP contribution is 2.21. The second-order valence-corrected chi connectivity index (χ2v) is 7.84. The lowest BCUT2D eigenvalue weighted by atomic mass is 10.2. The van der Waals surface area contributed by atoms with Gasteiger partial charge in [-0.3, -0.25) is 19.3 Å². The van der Waals surface area contributed by atoms with Crippen LogP contribution in [0.1, 0.15) is 5.56 Å². The van der Waals surface area contributed by atoms with Crippen molar-refractivity contribution in [2.24, 2.45) is 0 Å². The van der Waals surface area contributed by atoms with E-state index in [9.17, 15) is 18.4 Å². The predicted octanol–water partition coefficient (Wildman–Crippen LogP) is 3.45. The normalized spacial score (nSPS) is 11.1. The number of amides is 1. The first kappa shape index (κ1) is 21.0. The standard InChI is InChI=1S/C20H14ClF2N5O2S/c21-12-3-1-11(2-4-12)8-24-17(29)10-31-20-26-18-14(9-25-27-18)19(30)28(20)13-5-6-15(22)16(23)7-13/h1-7,9H,8,10H2,(H,24,29)(H,25,27). The Morgan fingerprint density at radius 1 is 1.16 bits per heavy atom. The van der Waals surface area contributed by atoms with E-state index in [2.05, 4.69) is 20.5 Å². The van der Waals surface area contributed by atoms with Gasteiger partial charge >= 0.3 is 0 Å². The molecule has 0 saturated heterocycles. The summed E-state index contributed by atoms with van der Waals surface area (Å²) in [6.45, 7) is 0.305. The molecule has 0 aliphatic heterocycles. The molecule has 0 spiro atoms. The third-order valence-electron chi connectivity index (χ3n) is 4.35. The number of nitrogens with one attached hydrogen (secondary N) is 2. The maximum absolute atomic E-state index is 13.8. The Morgan fingerprint density at radius 3 is 2.68 bits per heavy atom. The number of fused-ring (bicyclic) bond motifs is 1. The molecule has 11 heteroatoms. The maximum atomic E-state index is 13.8. The Morgan fingerprint density at radius 2 is 1.94 bits per heavy atom. The van der Waals surface area contributed by atoms with E-state index in [-0.39, 0.29) is 33.5 Å². The molecule has 2 heterocycles. The SMILES string of the molecule is O=C(CSc1nc2[nH]ncc2c(=O)n1-c1ccc(F)c(F)c1)NCc1ccc(Cl)cc1. The van der Waals surface area contributed by atoms with Crippen LogP contribution in [0.25, 0.3) is 16.7 Å². The zero-order valence-corrected chi connectivity index (χ0v) is 17.3. The molecule has 2 aromatic carbocycles. The Hall–Kier alpha value is -3.24. The Labute approximate surface area is 183 Å². The first-order valence-electron chi connectivity index (χ1n) is 8.98. The average molecular weight is 462 g/mol. The molecule has 158 valence electrons. The highest BCUT2D eigenvalue weighted by Gasteiger charge is 2.17. The number of halogens is 3. The van der Waals surface area contributed by atoms with Crippen molar-refractivity contribution >= 4 is 40.3 Å². The average Bonchev–Trinajstić information content (AvgIpc) is 3.23. The number of benzene rings is 2. The number of hydrogen-bond donors (Lipinski definition) is 2. The Bertz CT molecular complexity index is 1320. The van der Waals surface area contributed by atoms with E-state index in [1.165, 1.54) is 12.3 Å². The highest BCUT2D eigenvalue weighted by atomic mass is 35.5. The van der Waals surface area contributed by atoms with Crippen LogP contribution in [0, 0.1) is 11.6 Å². The van der Waals surface area contributed by atoms with Crippen LogP contribution in [0.2, 0.25) is 5.02 Å². The summed E-state index contributed by atoms with van der Waals surface area (Å²) in [6.07, 6.45) is 1.30. The summed E-state index contributed by atoms with van der Waals surface area (Å²) in [4.78, 5) is 29.5. The first-order valence-corrected chi connectivity index (χ1v) is 10.3. The van der Waals surface area contributed by atoms with E-state index >= 15 is 0 Å². The Kier molecular flexibility index (Phi) is 6.01. The fraction of sp³-hybridized carbons (Fsp3) is 0.100. The fourth-order valence-corrected chi connectivity index (χ4v) is 3.77. The molecular weight excluding hydrogens is 448 g/mol. The molecule has 0 unspecified atom stereocenters. The molecule has 0 fully saturated rings. The summed E-state index contributed by atoms with van der Waals surface area (Å²) in [7, 11) is 0. The van der Waals surface area contributed by atoms with Crippen molar-refractivity contribution in [1.82, 2.24) is 25.1 Å². The second kappa shape index (κ2) is 8.86. The third-order valence-corrected chi connectivity index (χ3v) is 5.54. The lowest BCUT2D eigenvalue weighted by Gasteiger charge is -2.12. The molecule has 0 radical (unpaired) electrons. The molecule has 2 aromatic heterocycles. The van der Waals surface area contributed by atoms with Gasteiger partial charge in [0, 0.05) is 17.6 Å². The van der Waals surface area contributed by atoms with Crippen molar-refractivity contribution in [2.75, 3.05) is 5.75 Å². The van der Waals surface area contributed by atoms with Crippen molar-refractivity contribution in [2.45, 2.75) is 11.7 Å². The zero-order chi connectivity index (χ0) is 22.0. The largest absolute Gasteiger partial charge is 0.351 e. The molecule has 31 heavy (non-hydrogen) atoms. The van der Waals surface area contributed by atoms with Gasteiger partial charge in [0.1, 0.15) is 5.39 Å². The number of carbonyl (C=O) groups is 1. The van der Waals surface area contributed by atoms with E-state index in [0.29, 0.717) is 11.6 Å². The van der Waals surface area contributed by atoms with Crippen molar-refractivity contribution in [3.8, 4) is 5.69 Å². The summed E-state index contributed by atoms with van der Waals surface area (Å²) in [6, 6.07) is 10.1. The van der Waals surface area contributed by atoms with E-state index in [1.54, 1.807) is 24.3 Å². The molecule has 2 N–H and O–H groups in total. The predicted molar refractivity (Wildman–Crippen MR) is 113 cm³/mol. The van der Waals surface area contributed by atoms with Gasteiger partial charge in [0.25, 0.3) is 5.56 Å². The van der Waals surface area contributed by atoms with Gasteiger partial charge in [-0.15, -0.1) is 0 Å². The molecule has 0 aliphatic carbocycles. The molecule has 4 aromatic rings. The van der Waals surface area contributed by atoms with Crippen LogP contribution in [0.3, 0.4) is 0 Å². The highest BCUT2D eigenvalue weighted by molar-refractivity contribution is 7.99. The minimum Gasteiger partial charge on any atom is -0.351 e. The molecule has 4 rings (SSSR count). The van der Waals surface area contributed by atoms with Crippen molar-refractivity contribution in [3.63, 3.8) is 0 Å². The lowest BCUT2D eigenvalue weighted by molar-refractivity contribution is -0.118. The van der Waals surface area contributed by atoms with Crippen LogP contribution >= 0.6 is 23.4 Å². The van der Waals surface area contributed by atoms with Crippen LogP contribution in [0.15, 0.2) is 58.6 Å². The molecule has 0 atom stereocenters. The topological polar surface area (TPSA) is 92.7 Å². The number of carbonyl (C=O) groups excluding carboxylic acids is 1. The number of nitrogens with zero attached hydrogens (tertiary/aromatic N) is 3. The van der Waals surface area contributed by atoms with Gasteiger partial charge in [-0.05, 0) is 29.8 Å². The van der Waals surface area contributed by atoms with Crippen LogP contribution in [-0.4, -0.2) is 31.4 Å². The van der Waals surface area contributed by atoms with Gasteiger partial charge in [-0.2, -0.15) is 5.10 Å². The van der Waals surface area contributed by atoms with Crippen molar-refractivity contribution < 1.29 is 13.6 Å². The number of rotatable bonds is 6. The zero-order valence-electron chi connectivity index (χ0n) is 15.7. The summed E-state index contributed by atoms with van der Waals surface area (Å²) < 4.78 is 28.3. The van der Waals surface area contributed by atoms with Crippen LogP contribution < -0.4 is 10.9 Å². The monoisotopic (exact) mass is 461 g/mol. The number of thioether (sulfide) groups is 1. The molecular formula is C20H14ClF2N5O2S. The number of hydrogen-bond acceptors (Lipinski definition) is 5. The summed E-state index contributed by atoms with van der Waals surface area (Å²) in [5, 5.41) is 10.1. The molecule has 1 amide bonds. The lowest BCUT2D eigenvalue weighted by Crippen LogP contribution is -2.26. The fourth-order valence-electron chi connectivity index (χ4n) is 2.81. The van der Waals surface area contributed by atoms with Gasteiger partial charge < -0.3 is 5.32 Å². The molecule has 0 bridgehead atoms. The molecule has 7 nitrogen and oxygen atoms in total. The van der Waals surface area contributed by atoms with Gasteiger partial charge in [-0.25, -0.2) is 13.8 Å². The van der Waals surface area contributed by atoms with Gasteiger partial charge in [0.2, 0.25) is 5.91 Å². The Balaban J connectivity index is 1.57. The quantitative estimate of drug-likeness (QED) is 0.339. The van der Waals surface area contributed by atoms with E-state index < -0.39 is 17.2 Å². The maximum Gasteiger partial charge on any atom is 0.269 e. The summed E-state index contributed by atoms with van der Waals surface area (Å²) in [5.41, 5.74) is 0.670. The first-order chi connectivity index (χ1) is 14.9. The van der Waals surface area contributed by atoms with Gasteiger partial charge in [-0.1, -0.05) is 35.5 Å². The van der Waals surface area contributed by atoms with E-state index in [4.69, 9.17) is 11.6 Å². The van der Waals surface area contributed by atoms with Gasteiger partial charge in [0.05, 0.1) is 17.6 Å². The molecule has 0 aliphatic rings.